The first-order valence-corrected chi connectivity index (χ1v) is 11.8. The highest BCUT2D eigenvalue weighted by Crippen LogP contribution is 2.16. The van der Waals surface area contributed by atoms with Crippen molar-refractivity contribution in [3.63, 3.8) is 0 Å². The van der Waals surface area contributed by atoms with E-state index in [4.69, 9.17) is 5.73 Å². The van der Waals surface area contributed by atoms with Gasteiger partial charge < -0.3 is 15.5 Å². The maximum atomic E-state index is 13.3. The van der Waals surface area contributed by atoms with Crippen LogP contribution >= 0.6 is 15.9 Å². The third kappa shape index (κ3) is 8.08. The Morgan fingerprint density at radius 2 is 1.50 bits per heavy atom. The zero-order valence-corrected chi connectivity index (χ0v) is 19.4. The Labute approximate surface area is 189 Å². The van der Waals surface area contributed by atoms with Gasteiger partial charge in [-0.25, -0.2) is 4.39 Å². The second kappa shape index (κ2) is 12.5. The van der Waals surface area contributed by atoms with Crippen LogP contribution in [0.25, 0.3) is 0 Å². The summed E-state index contributed by atoms with van der Waals surface area (Å²) in [6.07, 6.45) is 2.23. The summed E-state index contributed by atoms with van der Waals surface area (Å²) >= 11 is 3.57. The first-order valence-electron chi connectivity index (χ1n) is 11.0. The molecule has 30 heavy (non-hydrogen) atoms. The normalized spacial score (nSPS) is 15.7. The fourth-order valence-electron chi connectivity index (χ4n) is 4.02. The molecule has 164 valence electrons. The average Bonchev–Trinajstić information content (AvgIpc) is 2.75. The van der Waals surface area contributed by atoms with Crippen LogP contribution in [0.15, 0.2) is 53.0 Å². The molecule has 1 heterocycles. The highest BCUT2D eigenvalue weighted by molar-refractivity contribution is 9.10. The predicted octanol–water partition coefficient (Wildman–Crippen LogP) is 3.95. The molecule has 1 aliphatic heterocycles. The van der Waals surface area contributed by atoms with Crippen molar-refractivity contribution in [3.8, 4) is 0 Å². The van der Waals surface area contributed by atoms with E-state index < -0.39 is 0 Å². The minimum atomic E-state index is -0.178. The maximum absolute atomic E-state index is 13.3. The van der Waals surface area contributed by atoms with Gasteiger partial charge in [0.05, 0.1) is 0 Å². The van der Waals surface area contributed by atoms with Crippen molar-refractivity contribution in [2.75, 3.05) is 52.4 Å². The summed E-state index contributed by atoms with van der Waals surface area (Å²) in [4.78, 5) is 7.57. The zero-order chi connectivity index (χ0) is 21.2. The fourth-order valence-corrected chi connectivity index (χ4v) is 4.47. The molecule has 0 unspecified atom stereocenters. The summed E-state index contributed by atoms with van der Waals surface area (Å²) in [5, 5.41) is 0. The standard InChI is InChI=1S/C24H34BrFN4/c25-23-5-1-4-22(18-23)20-30(19-21-6-8-24(26)9-7-21)13-3-12-29-16-14-28(15-17-29)11-2-10-27/h1,4-9,18H,2-3,10-17,19-20,27H2. The number of hydrogen-bond donors (Lipinski definition) is 1. The van der Waals surface area contributed by atoms with Crippen LogP contribution in [0.1, 0.15) is 24.0 Å². The molecule has 0 radical (unpaired) electrons. The molecule has 1 fully saturated rings. The molecule has 1 aliphatic rings. The summed E-state index contributed by atoms with van der Waals surface area (Å²) in [7, 11) is 0. The van der Waals surface area contributed by atoms with E-state index >= 15 is 0 Å². The lowest BCUT2D eigenvalue weighted by molar-refractivity contribution is 0.125. The summed E-state index contributed by atoms with van der Waals surface area (Å²) in [5.41, 5.74) is 8.07. The number of hydrogen-bond acceptors (Lipinski definition) is 4. The molecular weight excluding hydrogens is 443 g/mol. The first kappa shape index (κ1) is 23.4. The van der Waals surface area contributed by atoms with E-state index in [-0.39, 0.29) is 5.82 Å². The van der Waals surface area contributed by atoms with Crippen LogP contribution in [-0.4, -0.2) is 67.1 Å². The lowest BCUT2D eigenvalue weighted by atomic mass is 10.1. The van der Waals surface area contributed by atoms with E-state index in [0.29, 0.717) is 0 Å². The molecule has 0 amide bonds. The van der Waals surface area contributed by atoms with Gasteiger partial charge in [-0.15, -0.1) is 0 Å². The smallest absolute Gasteiger partial charge is 0.123 e. The van der Waals surface area contributed by atoms with Crippen molar-refractivity contribution in [1.29, 1.82) is 0 Å². The Bertz CT molecular complexity index is 747. The molecule has 0 aliphatic carbocycles. The van der Waals surface area contributed by atoms with Gasteiger partial charge in [-0.2, -0.15) is 0 Å². The van der Waals surface area contributed by atoms with Crippen molar-refractivity contribution in [2.24, 2.45) is 5.73 Å². The van der Waals surface area contributed by atoms with Crippen LogP contribution in [0.5, 0.6) is 0 Å². The Kier molecular flexibility index (Phi) is 9.75. The molecule has 2 aromatic carbocycles. The molecule has 0 saturated carbocycles. The van der Waals surface area contributed by atoms with E-state index in [0.717, 1.165) is 88.3 Å². The van der Waals surface area contributed by atoms with Crippen LogP contribution in [-0.2, 0) is 13.1 Å². The third-order valence-electron chi connectivity index (χ3n) is 5.71. The molecule has 0 aromatic heterocycles. The van der Waals surface area contributed by atoms with Gasteiger partial charge in [-0.05, 0) is 67.9 Å². The molecular formula is C24H34BrFN4. The van der Waals surface area contributed by atoms with E-state index in [9.17, 15) is 4.39 Å². The van der Waals surface area contributed by atoms with Gasteiger partial charge in [0.1, 0.15) is 5.82 Å². The topological polar surface area (TPSA) is 35.7 Å². The number of piperazine rings is 1. The Morgan fingerprint density at radius 1 is 0.867 bits per heavy atom. The number of rotatable bonds is 11. The molecule has 4 nitrogen and oxygen atoms in total. The lowest BCUT2D eigenvalue weighted by Gasteiger charge is -2.35. The predicted molar refractivity (Wildman–Crippen MR) is 126 cm³/mol. The number of nitrogens with two attached hydrogens (primary N) is 1. The lowest BCUT2D eigenvalue weighted by Crippen LogP contribution is -2.47. The van der Waals surface area contributed by atoms with Crippen LogP contribution in [0, 0.1) is 5.82 Å². The minimum Gasteiger partial charge on any atom is -0.330 e. The quantitative estimate of drug-likeness (QED) is 0.532. The second-order valence-electron chi connectivity index (χ2n) is 8.15. The van der Waals surface area contributed by atoms with Gasteiger partial charge in [0.25, 0.3) is 0 Å². The summed E-state index contributed by atoms with van der Waals surface area (Å²) in [6.45, 7) is 10.4. The highest BCUT2D eigenvalue weighted by atomic mass is 79.9. The van der Waals surface area contributed by atoms with Crippen molar-refractivity contribution >= 4 is 15.9 Å². The highest BCUT2D eigenvalue weighted by Gasteiger charge is 2.16. The molecule has 0 spiro atoms. The molecule has 0 atom stereocenters. The number of halogens is 2. The van der Waals surface area contributed by atoms with Crippen LogP contribution in [0.2, 0.25) is 0 Å². The van der Waals surface area contributed by atoms with Gasteiger partial charge in [0.2, 0.25) is 0 Å². The van der Waals surface area contributed by atoms with E-state index in [1.807, 2.05) is 12.1 Å². The summed E-state index contributed by atoms with van der Waals surface area (Å²) in [6, 6.07) is 15.4. The van der Waals surface area contributed by atoms with Gasteiger partial charge in [-0.3, -0.25) is 4.90 Å². The monoisotopic (exact) mass is 476 g/mol. The van der Waals surface area contributed by atoms with Crippen molar-refractivity contribution < 1.29 is 4.39 Å². The second-order valence-corrected chi connectivity index (χ2v) is 9.06. The largest absolute Gasteiger partial charge is 0.330 e. The third-order valence-corrected chi connectivity index (χ3v) is 6.20. The van der Waals surface area contributed by atoms with E-state index in [1.165, 1.54) is 5.56 Å². The minimum absolute atomic E-state index is 0.178. The van der Waals surface area contributed by atoms with Gasteiger partial charge in [0.15, 0.2) is 0 Å². The van der Waals surface area contributed by atoms with Crippen molar-refractivity contribution in [3.05, 3.63) is 69.9 Å². The average molecular weight is 477 g/mol. The van der Waals surface area contributed by atoms with Crippen molar-refractivity contribution in [2.45, 2.75) is 25.9 Å². The van der Waals surface area contributed by atoms with Crippen LogP contribution in [0.4, 0.5) is 4.39 Å². The van der Waals surface area contributed by atoms with Crippen LogP contribution in [0.3, 0.4) is 0 Å². The Morgan fingerprint density at radius 3 is 2.13 bits per heavy atom. The first-order chi connectivity index (χ1) is 14.6. The molecule has 6 heteroatoms. The molecule has 2 N–H and O–H groups in total. The fraction of sp³-hybridized carbons (Fsp3) is 0.500. The SMILES string of the molecule is NCCCN1CCN(CCCN(Cc2ccc(F)cc2)Cc2cccc(Br)c2)CC1. The van der Waals surface area contributed by atoms with E-state index in [1.54, 1.807) is 12.1 Å². The molecule has 3 rings (SSSR count). The maximum Gasteiger partial charge on any atom is 0.123 e. The van der Waals surface area contributed by atoms with Gasteiger partial charge >= 0.3 is 0 Å². The molecule has 0 bridgehead atoms. The van der Waals surface area contributed by atoms with Gasteiger partial charge in [-0.1, -0.05) is 40.2 Å². The molecule has 2 aromatic rings. The number of benzene rings is 2. The zero-order valence-electron chi connectivity index (χ0n) is 17.8. The van der Waals surface area contributed by atoms with Crippen molar-refractivity contribution in [1.82, 2.24) is 14.7 Å². The Balaban J connectivity index is 1.50. The van der Waals surface area contributed by atoms with Gasteiger partial charge in [0, 0.05) is 50.3 Å². The number of nitrogens with zero attached hydrogens (tertiary/aromatic N) is 3. The Hall–Kier alpha value is -1.31. The summed E-state index contributed by atoms with van der Waals surface area (Å²) in [5.74, 6) is -0.178. The van der Waals surface area contributed by atoms with Crippen LogP contribution < -0.4 is 5.73 Å². The van der Waals surface area contributed by atoms with E-state index in [2.05, 4.69) is 54.9 Å². The molecule has 1 saturated heterocycles. The summed E-state index contributed by atoms with van der Waals surface area (Å²) < 4.78 is 14.4.